The third-order valence-electron chi connectivity index (χ3n) is 8.53. The predicted molar refractivity (Wildman–Crippen MR) is 147 cm³/mol. The minimum absolute atomic E-state index is 0.0264. The van der Waals surface area contributed by atoms with Gasteiger partial charge in [0.2, 0.25) is 5.95 Å². The van der Waals surface area contributed by atoms with Gasteiger partial charge < -0.3 is 20.1 Å². The van der Waals surface area contributed by atoms with Crippen LogP contribution in [0.2, 0.25) is 0 Å². The molecule has 9 heteroatoms. The van der Waals surface area contributed by atoms with Crippen LogP contribution in [-0.4, -0.2) is 69.1 Å². The first kappa shape index (κ1) is 24.2. The Balaban J connectivity index is 1.20. The number of hydrogen-bond donors (Lipinski definition) is 2. The number of pyridine rings is 1. The second-order valence-corrected chi connectivity index (χ2v) is 11.0. The maximum absolute atomic E-state index is 12.7. The van der Waals surface area contributed by atoms with Crippen LogP contribution < -0.4 is 15.5 Å². The summed E-state index contributed by atoms with van der Waals surface area (Å²) in [4.78, 5) is 31.8. The first-order valence-electron chi connectivity index (χ1n) is 14.0. The van der Waals surface area contributed by atoms with E-state index >= 15 is 0 Å². The number of carbonyl (C=O) groups is 1. The molecule has 1 spiro atoms. The van der Waals surface area contributed by atoms with Gasteiger partial charge in [-0.1, -0.05) is 32.6 Å². The van der Waals surface area contributed by atoms with Crippen LogP contribution in [0.25, 0.3) is 11.0 Å². The SMILES string of the molecule is CCCCN1CCN(c2ccc(Nc3ncc4cc5n(c4n3)C3(CCCCC3)CNC5=O)nc2)C[C@@H]1C. The number of carbonyl (C=O) groups excluding carboxylic acids is 1. The van der Waals surface area contributed by atoms with Gasteiger partial charge in [-0.2, -0.15) is 4.98 Å². The number of nitrogens with zero attached hydrogens (tertiary/aromatic N) is 6. The molecule has 0 unspecified atom stereocenters. The molecular formula is C28H38N8O. The Morgan fingerprint density at radius 2 is 2.00 bits per heavy atom. The van der Waals surface area contributed by atoms with Gasteiger partial charge in [0.05, 0.1) is 17.4 Å². The van der Waals surface area contributed by atoms with E-state index in [4.69, 9.17) is 4.98 Å². The first-order chi connectivity index (χ1) is 18.1. The summed E-state index contributed by atoms with van der Waals surface area (Å²) in [6, 6.07) is 6.60. The van der Waals surface area contributed by atoms with Gasteiger partial charge in [0.15, 0.2) is 0 Å². The van der Waals surface area contributed by atoms with Crippen molar-refractivity contribution in [1.29, 1.82) is 0 Å². The summed E-state index contributed by atoms with van der Waals surface area (Å²) in [5.74, 6) is 1.19. The number of piperazine rings is 1. The zero-order valence-electron chi connectivity index (χ0n) is 22.0. The second kappa shape index (κ2) is 9.93. The van der Waals surface area contributed by atoms with Gasteiger partial charge in [0.25, 0.3) is 5.91 Å². The zero-order valence-corrected chi connectivity index (χ0v) is 22.0. The van der Waals surface area contributed by atoms with Crippen LogP contribution in [0.1, 0.15) is 69.3 Å². The van der Waals surface area contributed by atoms with E-state index in [1.807, 2.05) is 24.5 Å². The molecule has 2 fully saturated rings. The lowest BCUT2D eigenvalue weighted by Gasteiger charge is -2.42. The summed E-state index contributed by atoms with van der Waals surface area (Å²) in [5.41, 5.74) is 2.58. The molecule has 0 radical (unpaired) electrons. The summed E-state index contributed by atoms with van der Waals surface area (Å²) in [6.07, 6.45) is 12.0. The third-order valence-corrected chi connectivity index (χ3v) is 8.53. The van der Waals surface area contributed by atoms with Crippen molar-refractivity contribution >= 4 is 34.4 Å². The Morgan fingerprint density at radius 1 is 1.14 bits per heavy atom. The molecule has 6 rings (SSSR count). The number of nitrogens with one attached hydrogen (secondary N) is 2. The van der Waals surface area contributed by atoms with E-state index in [0.29, 0.717) is 30.0 Å². The van der Waals surface area contributed by atoms with Gasteiger partial charge in [-0.05, 0) is 50.9 Å². The minimum atomic E-state index is -0.0908. The molecule has 37 heavy (non-hydrogen) atoms. The molecule has 2 N–H and O–H groups in total. The van der Waals surface area contributed by atoms with Crippen molar-refractivity contribution in [2.45, 2.75) is 70.4 Å². The van der Waals surface area contributed by atoms with E-state index in [2.05, 4.69) is 54.9 Å². The fourth-order valence-corrected chi connectivity index (χ4v) is 6.41. The fraction of sp³-hybridized carbons (Fsp3) is 0.571. The molecule has 3 aliphatic rings. The Labute approximate surface area is 218 Å². The molecular weight excluding hydrogens is 464 g/mol. The molecule has 1 saturated heterocycles. The summed E-state index contributed by atoms with van der Waals surface area (Å²) in [6.45, 7) is 9.57. The maximum Gasteiger partial charge on any atom is 0.268 e. The van der Waals surface area contributed by atoms with Gasteiger partial charge in [0, 0.05) is 43.8 Å². The number of aromatic nitrogens is 4. The van der Waals surface area contributed by atoms with E-state index in [1.54, 1.807) is 0 Å². The van der Waals surface area contributed by atoms with Crippen LogP contribution in [0, 0.1) is 0 Å². The standard InChI is InChI=1S/C28H38N8O/c1-3-4-12-34-13-14-35(18-20(34)2)22-8-9-24(29-17-22)32-27-30-16-21-15-23-26(37)31-19-28(10-6-5-7-11-28)36(23)25(21)33-27/h8-9,15-17,20H,3-7,10-14,18-19H2,1-2H3,(H,31,37)(H,29,30,32,33)/t20-/m0/s1. The average Bonchev–Trinajstić information content (AvgIpc) is 3.32. The Hall–Kier alpha value is -3.20. The van der Waals surface area contributed by atoms with E-state index in [1.165, 1.54) is 38.6 Å². The number of anilines is 3. The highest BCUT2D eigenvalue weighted by atomic mass is 16.2. The molecule has 196 valence electrons. The summed E-state index contributed by atoms with van der Waals surface area (Å²) in [5, 5.41) is 7.31. The number of amides is 1. The van der Waals surface area contributed by atoms with Gasteiger partial charge in [-0.3, -0.25) is 9.69 Å². The van der Waals surface area contributed by atoms with Gasteiger partial charge in [-0.15, -0.1) is 0 Å². The van der Waals surface area contributed by atoms with Crippen molar-refractivity contribution < 1.29 is 4.79 Å². The maximum atomic E-state index is 12.7. The predicted octanol–water partition coefficient (Wildman–Crippen LogP) is 4.28. The molecule has 1 atom stereocenters. The first-order valence-corrected chi connectivity index (χ1v) is 14.0. The van der Waals surface area contributed by atoms with Crippen molar-refractivity contribution in [3.63, 3.8) is 0 Å². The topological polar surface area (TPSA) is 91.2 Å². The highest BCUT2D eigenvalue weighted by molar-refractivity contribution is 5.99. The van der Waals surface area contributed by atoms with E-state index in [9.17, 15) is 4.79 Å². The Morgan fingerprint density at radius 3 is 2.76 bits per heavy atom. The van der Waals surface area contributed by atoms with E-state index < -0.39 is 0 Å². The van der Waals surface area contributed by atoms with Crippen LogP contribution >= 0.6 is 0 Å². The summed E-state index contributed by atoms with van der Waals surface area (Å²) < 4.78 is 2.20. The van der Waals surface area contributed by atoms with Crippen LogP contribution in [0.3, 0.4) is 0 Å². The van der Waals surface area contributed by atoms with Crippen molar-refractivity contribution in [3.05, 3.63) is 36.3 Å². The molecule has 3 aromatic heterocycles. The Bertz CT molecular complexity index is 1260. The van der Waals surface area contributed by atoms with Gasteiger partial charge >= 0.3 is 0 Å². The van der Waals surface area contributed by atoms with Crippen LogP contribution in [0.4, 0.5) is 17.5 Å². The minimum Gasteiger partial charge on any atom is -0.367 e. The molecule has 2 aliphatic heterocycles. The normalized spacial score (nSPS) is 21.7. The molecule has 1 aliphatic carbocycles. The van der Waals surface area contributed by atoms with Gasteiger partial charge in [0.1, 0.15) is 17.2 Å². The molecule has 5 heterocycles. The quantitative estimate of drug-likeness (QED) is 0.520. The largest absolute Gasteiger partial charge is 0.367 e. The summed E-state index contributed by atoms with van der Waals surface area (Å²) >= 11 is 0. The van der Waals surface area contributed by atoms with Crippen molar-refractivity contribution in [3.8, 4) is 0 Å². The van der Waals surface area contributed by atoms with E-state index in [0.717, 1.165) is 49.2 Å². The average molecular weight is 503 g/mol. The van der Waals surface area contributed by atoms with Crippen molar-refractivity contribution in [1.82, 2.24) is 29.7 Å². The van der Waals surface area contributed by atoms with Crippen LogP contribution in [0.15, 0.2) is 30.6 Å². The fourth-order valence-electron chi connectivity index (χ4n) is 6.41. The van der Waals surface area contributed by atoms with E-state index in [-0.39, 0.29) is 11.4 Å². The third kappa shape index (κ3) is 4.54. The number of unbranched alkanes of at least 4 members (excludes halogenated alkanes) is 1. The van der Waals surface area contributed by atoms with Crippen molar-refractivity contribution in [2.75, 3.05) is 42.9 Å². The monoisotopic (exact) mass is 502 g/mol. The molecule has 9 nitrogen and oxygen atoms in total. The number of rotatable bonds is 6. The molecule has 0 bridgehead atoms. The lowest BCUT2D eigenvalue weighted by Crippen LogP contribution is -2.52. The van der Waals surface area contributed by atoms with Crippen LogP contribution in [-0.2, 0) is 5.54 Å². The number of fused-ring (bicyclic) bond motifs is 4. The lowest BCUT2D eigenvalue weighted by atomic mass is 9.80. The molecule has 3 aromatic rings. The molecule has 0 aromatic carbocycles. The lowest BCUT2D eigenvalue weighted by molar-refractivity contribution is 0.0833. The highest BCUT2D eigenvalue weighted by Crippen LogP contribution is 2.40. The molecule has 1 saturated carbocycles. The Kier molecular flexibility index (Phi) is 6.48. The zero-order chi connectivity index (χ0) is 25.4. The second-order valence-electron chi connectivity index (χ2n) is 11.0. The van der Waals surface area contributed by atoms with Crippen LogP contribution in [0.5, 0.6) is 0 Å². The summed E-state index contributed by atoms with van der Waals surface area (Å²) in [7, 11) is 0. The van der Waals surface area contributed by atoms with Crippen molar-refractivity contribution in [2.24, 2.45) is 0 Å². The highest BCUT2D eigenvalue weighted by Gasteiger charge is 2.41. The van der Waals surface area contributed by atoms with Gasteiger partial charge in [-0.25, -0.2) is 9.97 Å². The number of hydrogen-bond acceptors (Lipinski definition) is 7. The smallest absolute Gasteiger partial charge is 0.268 e. The molecule has 1 amide bonds.